The molecular formula is C27H27FN4O4. The Bertz CT molecular complexity index is 1390. The minimum absolute atomic E-state index is 0.187. The van der Waals surface area contributed by atoms with Gasteiger partial charge in [0.15, 0.2) is 0 Å². The number of carbonyl (C=O) groups excluding carboxylic acids is 2. The van der Waals surface area contributed by atoms with Gasteiger partial charge in [0.05, 0.1) is 31.1 Å². The van der Waals surface area contributed by atoms with Crippen LogP contribution in [0.25, 0.3) is 16.6 Å². The van der Waals surface area contributed by atoms with E-state index in [2.05, 4.69) is 15.7 Å². The predicted octanol–water partition coefficient (Wildman–Crippen LogP) is 4.07. The molecule has 3 aromatic carbocycles. The van der Waals surface area contributed by atoms with Gasteiger partial charge in [0.1, 0.15) is 17.3 Å². The topological polar surface area (TPSA) is 94.5 Å². The van der Waals surface area contributed by atoms with Crippen molar-refractivity contribution in [1.29, 1.82) is 0 Å². The molecule has 36 heavy (non-hydrogen) atoms. The molecule has 2 amide bonds. The maximum absolute atomic E-state index is 13.3. The minimum atomic E-state index is -1.23. The second kappa shape index (κ2) is 10.5. The summed E-state index contributed by atoms with van der Waals surface area (Å²) < 4.78 is 26.9. The van der Waals surface area contributed by atoms with Gasteiger partial charge in [-0.25, -0.2) is 9.07 Å². The van der Waals surface area contributed by atoms with Gasteiger partial charge in [-0.2, -0.15) is 5.10 Å². The van der Waals surface area contributed by atoms with Gasteiger partial charge in [0.2, 0.25) is 17.5 Å². The molecule has 0 radical (unpaired) electrons. The van der Waals surface area contributed by atoms with Crippen LogP contribution in [-0.2, 0) is 15.3 Å². The molecule has 4 aromatic rings. The summed E-state index contributed by atoms with van der Waals surface area (Å²) in [5.41, 5.74) is 0.990. The monoisotopic (exact) mass is 490 g/mol. The lowest BCUT2D eigenvalue weighted by molar-refractivity contribution is -0.130. The van der Waals surface area contributed by atoms with E-state index in [0.29, 0.717) is 23.5 Å². The quantitative estimate of drug-likeness (QED) is 0.345. The molecule has 1 heterocycles. The first-order valence-electron chi connectivity index (χ1n) is 11.5. The van der Waals surface area contributed by atoms with E-state index in [1.807, 2.05) is 31.2 Å². The fourth-order valence-electron chi connectivity index (χ4n) is 3.93. The Morgan fingerprint density at radius 2 is 1.83 bits per heavy atom. The molecule has 8 nitrogen and oxygen atoms in total. The molecular weight excluding hydrogens is 463 g/mol. The predicted molar refractivity (Wildman–Crippen MR) is 133 cm³/mol. The number of hydrogen-bond acceptors (Lipinski definition) is 5. The summed E-state index contributed by atoms with van der Waals surface area (Å²) in [5, 5.41) is 10.7. The Balaban J connectivity index is 1.70. The van der Waals surface area contributed by atoms with E-state index >= 15 is 0 Å². The summed E-state index contributed by atoms with van der Waals surface area (Å²) in [6.45, 7) is 3.05. The van der Waals surface area contributed by atoms with Gasteiger partial charge in [-0.3, -0.25) is 9.59 Å². The largest absolute Gasteiger partial charge is 0.497 e. The van der Waals surface area contributed by atoms with Crippen LogP contribution < -0.4 is 20.1 Å². The van der Waals surface area contributed by atoms with Crippen LogP contribution >= 0.6 is 0 Å². The molecule has 0 bridgehead atoms. The molecule has 2 N–H and O–H groups in total. The number of hydrogen-bond donors (Lipinski definition) is 2. The second-order valence-electron chi connectivity index (χ2n) is 8.23. The molecule has 0 fully saturated rings. The van der Waals surface area contributed by atoms with Crippen LogP contribution in [0.5, 0.6) is 11.5 Å². The normalized spacial score (nSPS) is 12.6. The third-order valence-corrected chi connectivity index (χ3v) is 5.78. The van der Waals surface area contributed by atoms with Crippen LogP contribution in [0.2, 0.25) is 0 Å². The smallest absolute Gasteiger partial charge is 0.242 e. The lowest BCUT2D eigenvalue weighted by Crippen LogP contribution is -2.52. The Morgan fingerprint density at radius 3 is 2.53 bits per heavy atom. The first-order chi connectivity index (χ1) is 17.3. The fraction of sp³-hybridized carbons (Fsp3) is 0.222. The lowest BCUT2D eigenvalue weighted by atomic mass is 9.98. The van der Waals surface area contributed by atoms with Crippen LogP contribution in [0.4, 0.5) is 4.39 Å². The van der Waals surface area contributed by atoms with E-state index in [1.165, 1.54) is 19.1 Å². The average Bonchev–Trinajstić information content (AvgIpc) is 3.30. The number of carbonyl (C=O) groups is 2. The van der Waals surface area contributed by atoms with Crippen molar-refractivity contribution in [3.8, 4) is 17.2 Å². The summed E-state index contributed by atoms with van der Waals surface area (Å²) in [4.78, 5) is 24.1. The van der Waals surface area contributed by atoms with Crippen LogP contribution in [0, 0.1) is 5.82 Å². The zero-order valence-electron chi connectivity index (χ0n) is 20.2. The minimum Gasteiger partial charge on any atom is -0.497 e. The van der Waals surface area contributed by atoms with Gasteiger partial charge < -0.3 is 20.1 Å². The zero-order valence-corrected chi connectivity index (χ0v) is 20.2. The number of halogens is 1. The van der Waals surface area contributed by atoms with Crippen molar-refractivity contribution in [2.75, 3.05) is 13.7 Å². The number of fused-ring (bicyclic) bond motifs is 1. The SMILES string of the molecule is CC[C@](NC(=O)CNC(C)=O)(Oc1ccc2c(cnn2-c2ccc(F)cc2)c1)c1cccc(OC)c1. The van der Waals surface area contributed by atoms with Gasteiger partial charge in [0, 0.05) is 24.3 Å². The maximum Gasteiger partial charge on any atom is 0.242 e. The highest BCUT2D eigenvalue weighted by Gasteiger charge is 2.35. The van der Waals surface area contributed by atoms with E-state index in [1.54, 1.807) is 48.3 Å². The van der Waals surface area contributed by atoms with Gasteiger partial charge in [-0.05, 0) is 54.6 Å². The molecule has 1 aromatic heterocycles. The van der Waals surface area contributed by atoms with Crippen molar-refractivity contribution >= 4 is 22.7 Å². The van der Waals surface area contributed by atoms with E-state index < -0.39 is 11.6 Å². The number of benzene rings is 3. The van der Waals surface area contributed by atoms with E-state index in [-0.39, 0.29) is 18.3 Å². The number of nitrogens with one attached hydrogen (secondary N) is 2. The molecule has 0 aliphatic carbocycles. The first kappa shape index (κ1) is 24.7. The van der Waals surface area contributed by atoms with Crippen LogP contribution in [-0.4, -0.2) is 35.2 Å². The van der Waals surface area contributed by atoms with Crippen molar-refractivity contribution in [1.82, 2.24) is 20.4 Å². The van der Waals surface area contributed by atoms with Gasteiger partial charge in [-0.1, -0.05) is 19.1 Å². The Morgan fingerprint density at radius 1 is 1.06 bits per heavy atom. The zero-order chi connectivity index (χ0) is 25.7. The Labute approximate surface area is 208 Å². The highest BCUT2D eigenvalue weighted by atomic mass is 19.1. The molecule has 0 saturated carbocycles. The standard InChI is InChI=1S/C27H27FN4O4/c1-4-27(31-26(34)17-29-18(2)33,20-6-5-7-23(15-20)35-3)36-24-12-13-25-19(14-24)16-30-32(25)22-10-8-21(28)9-11-22/h5-16H,4,17H2,1-3H3,(H,29,33)(H,31,34)/t27-/m0/s1. The van der Waals surface area contributed by atoms with E-state index in [0.717, 1.165) is 16.6 Å². The molecule has 186 valence electrons. The molecule has 1 atom stereocenters. The molecule has 4 rings (SSSR count). The van der Waals surface area contributed by atoms with Crippen molar-refractivity contribution in [2.45, 2.75) is 26.0 Å². The average molecular weight is 491 g/mol. The molecule has 0 saturated heterocycles. The van der Waals surface area contributed by atoms with Crippen molar-refractivity contribution in [3.05, 3.63) is 84.3 Å². The van der Waals surface area contributed by atoms with E-state index in [4.69, 9.17) is 9.47 Å². The number of nitrogens with zero attached hydrogens (tertiary/aromatic N) is 2. The van der Waals surface area contributed by atoms with Crippen molar-refractivity contribution in [2.24, 2.45) is 0 Å². The van der Waals surface area contributed by atoms with Gasteiger partial charge in [0.25, 0.3) is 0 Å². The summed E-state index contributed by atoms with van der Waals surface area (Å²) >= 11 is 0. The molecule has 0 aliphatic heterocycles. The summed E-state index contributed by atoms with van der Waals surface area (Å²) in [5.74, 6) is 0.0878. The number of aromatic nitrogens is 2. The second-order valence-corrected chi connectivity index (χ2v) is 8.23. The van der Waals surface area contributed by atoms with Gasteiger partial charge >= 0.3 is 0 Å². The van der Waals surface area contributed by atoms with Crippen LogP contribution in [0.15, 0.2) is 72.9 Å². The molecule has 0 spiro atoms. The highest BCUT2D eigenvalue weighted by molar-refractivity contribution is 5.84. The Kier molecular flexibility index (Phi) is 7.19. The summed E-state index contributed by atoms with van der Waals surface area (Å²) in [7, 11) is 1.57. The summed E-state index contributed by atoms with van der Waals surface area (Å²) in [6.07, 6.45) is 2.08. The lowest BCUT2D eigenvalue weighted by Gasteiger charge is -2.35. The maximum atomic E-state index is 13.3. The molecule has 0 unspecified atom stereocenters. The first-order valence-corrected chi connectivity index (χ1v) is 11.5. The van der Waals surface area contributed by atoms with Crippen molar-refractivity contribution in [3.63, 3.8) is 0 Å². The highest BCUT2D eigenvalue weighted by Crippen LogP contribution is 2.33. The third kappa shape index (κ3) is 5.30. The summed E-state index contributed by atoms with van der Waals surface area (Å²) in [6, 6.07) is 18.8. The third-order valence-electron chi connectivity index (χ3n) is 5.78. The Hall–Kier alpha value is -4.40. The molecule has 9 heteroatoms. The number of rotatable bonds is 9. The van der Waals surface area contributed by atoms with E-state index in [9.17, 15) is 14.0 Å². The molecule has 0 aliphatic rings. The number of methoxy groups -OCH3 is 1. The van der Waals surface area contributed by atoms with Crippen LogP contribution in [0.3, 0.4) is 0 Å². The van der Waals surface area contributed by atoms with Crippen molar-refractivity contribution < 1.29 is 23.5 Å². The number of amides is 2. The number of ether oxygens (including phenoxy) is 2. The fourth-order valence-corrected chi connectivity index (χ4v) is 3.93. The van der Waals surface area contributed by atoms with Crippen LogP contribution in [0.1, 0.15) is 25.8 Å². The van der Waals surface area contributed by atoms with Gasteiger partial charge in [-0.15, -0.1) is 0 Å².